The van der Waals surface area contributed by atoms with E-state index >= 15 is 0 Å². The Kier molecular flexibility index (Phi) is 6.11. The largest absolute Gasteiger partial charge is 0.495 e. The summed E-state index contributed by atoms with van der Waals surface area (Å²) in [7, 11) is 1.57. The van der Waals surface area contributed by atoms with Crippen LogP contribution < -0.4 is 15.0 Å². The van der Waals surface area contributed by atoms with Crippen molar-refractivity contribution in [3.05, 3.63) is 71.0 Å². The number of ether oxygens (including phenoxy) is 1. The maximum absolute atomic E-state index is 12.9. The normalized spacial score (nSPS) is 10.4. The molecule has 0 saturated heterocycles. The van der Waals surface area contributed by atoms with Crippen LogP contribution in [0.2, 0.25) is 5.02 Å². The third kappa shape index (κ3) is 4.40. The molecule has 144 valence electrons. The molecule has 3 aromatic rings. The molecule has 0 aliphatic rings. The van der Waals surface area contributed by atoms with Crippen molar-refractivity contribution in [3.63, 3.8) is 0 Å². The maximum atomic E-state index is 12.9. The molecule has 1 aromatic heterocycles. The van der Waals surface area contributed by atoms with Gasteiger partial charge in [-0.2, -0.15) is 0 Å². The van der Waals surface area contributed by atoms with Crippen molar-refractivity contribution in [1.82, 2.24) is 9.97 Å². The van der Waals surface area contributed by atoms with Gasteiger partial charge in [-0.3, -0.25) is 4.79 Å². The SMILES string of the molecule is CCN(C(=O)c1cnc(Nc2cc(Cl)ccc2OC)nc1)c1cccc(C)c1. The van der Waals surface area contributed by atoms with E-state index in [1.807, 2.05) is 38.1 Å². The highest BCUT2D eigenvalue weighted by Gasteiger charge is 2.17. The number of benzene rings is 2. The summed E-state index contributed by atoms with van der Waals surface area (Å²) in [5.41, 5.74) is 2.99. The fraction of sp³-hybridized carbons (Fsp3) is 0.190. The van der Waals surface area contributed by atoms with Gasteiger partial charge in [0.15, 0.2) is 0 Å². The van der Waals surface area contributed by atoms with Crippen LogP contribution in [0.4, 0.5) is 17.3 Å². The Hall–Kier alpha value is -3.12. The number of methoxy groups -OCH3 is 1. The Morgan fingerprint density at radius 1 is 1.18 bits per heavy atom. The van der Waals surface area contributed by atoms with Crippen LogP contribution in [0, 0.1) is 6.92 Å². The second-order valence-electron chi connectivity index (χ2n) is 6.15. The van der Waals surface area contributed by atoms with E-state index in [0.717, 1.165) is 11.3 Å². The van der Waals surface area contributed by atoms with Crippen LogP contribution in [0.25, 0.3) is 0 Å². The van der Waals surface area contributed by atoms with Crippen LogP contribution in [0.15, 0.2) is 54.9 Å². The monoisotopic (exact) mass is 396 g/mol. The summed E-state index contributed by atoms with van der Waals surface area (Å²) in [5, 5.41) is 3.62. The number of hydrogen-bond donors (Lipinski definition) is 1. The topological polar surface area (TPSA) is 67.4 Å². The number of aromatic nitrogens is 2. The van der Waals surface area contributed by atoms with E-state index in [9.17, 15) is 4.79 Å². The van der Waals surface area contributed by atoms with Gasteiger partial charge in [0.25, 0.3) is 5.91 Å². The average Bonchev–Trinajstić information content (AvgIpc) is 2.69. The van der Waals surface area contributed by atoms with E-state index in [0.29, 0.717) is 34.5 Å². The lowest BCUT2D eigenvalue weighted by molar-refractivity contribution is 0.0987. The predicted octanol–water partition coefficient (Wildman–Crippen LogP) is 4.86. The molecule has 1 N–H and O–H groups in total. The Labute approximate surface area is 169 Å². The number of aryl methyl sites for hydroxylation is 1. The molecule has 0 unspecified atom stereocenters. The van der Waals surface area contributed by atoms with Crippen LogP contribution in [-0.2, 0) is 0 Å². The fourth-order valence-electron chi connectivity index (χ4n) is 2.80. The van der Waals surface area contributed by atoms with E-state index in [-0.39, 0.29) is 5.91 Å². The highest BCUT2D eigenvalue weighted by molar-refractivity contribution is 6.31. The van der Waals surface area contributed by atoms with E-state index in [1.165, 1.54) is 12.4 Å². The summed E-state index contributed by atoms with van der Waals surface area (Å²) in [4.78, 5) is 23.1. The lowest BCUT2D eigenvalue weighted by Gasteiger charge is -2.21. The zero-order valence-corrected chi connectivity index (χ0v) is 16.7. The number of halogens is 1. The van der Waals surface area contributed by atoms with Gasteiger partial charge in [-0.05, 0) is 49.7 Å². The smallest absolute Gasteiger partial charge is 0.261 e. The van der Waals surface area contributed by atoms with E-state index in [4.69, 9.17) is 16.3 Å². The average molecular weight is 397 g/mol. The Balaban J connectivity index is 1.80. The molecule has 3 rings (SSSR count). The summed E-state index contributed by atoms with van der Waals surface area (Å²) in [6.07, 6.45) is 3.01. The summed E-state index contributed by atoms with van der Waals surface area (Å²) in [6, 6.07) is 13.0. The zero-order valence-electron chi connectivity index (χ0n) is 15.9. The number of nitrogens with zero attached hydrogens (tertiary/aromatic N) is 3. The molecule has 28 heavy (non-hydrogen) atoms. The lowest BCUT2D eigenvalue weighted by Crippen LogP contribution is -2.30. The lowest BCUT2D eigenvalue weighted by atomic mass is 10.2. The molecule has 0 fully saturated rings. The third-order valence-electron chi connectivity index (χ3n) is 4.18. The quantitative estimate of drug-likeness (QED) is 0.644. The van der Waals surface area contributed by atoms with Crippen molar-refractivity contribution >= 4 is 34.8 Å². The molecular formula is C21H21ClN4O2. The number of amides is 1. The van der Waals surface area contributed by atoms with Crippen molar-refractivity contribution in [2.24, 2.45) is 0 Å². The van der Waals surface area contributed by atoms with Gasteiger partial charge in [0, 0.05) is 29.6 Å². The summed E-state index contributed by atoms with van der Waals surface area (Å²) >= 11 is 6.04. The Morgan fingerprint density at radius 3 is 2.57 bits per heavy atom. The Bertz CT molecular complexity index is 976. The summed E-state index contributed by atoms with van der Waals surface area (Å²) in [6.45, 7) is 4.47. The zero-order chi connectivity index (χ0) is 20.1. The number of carbonyl (C=O) groups excluding carboxylic acids is 1. The molecule has 0 aliphatic carbocycles. The number of hydrogen-bond acceptors (Lipinski definition) is 5. The molecular weight excluding hydrogens is 376 g/mol. The molecule has 7 heteroatoms. The van der Waals surface area contributed by atoms with E-state index in [1.54, 1.807) is 30.2 Å². The molecule has 2 aromatic carbocycles. The number of rotatable bonds is 6. The first-order valence-corrected chi connectivity index (χ1v) is 9.20. The van der Waals surface area contributed by atoms with Crippen LogP contribution in [0.1, 0.15) is 22.8 Å². The molecule has 0 aliphatic heterocycles. The van der Waals surface area contributed by atoms with Gasteiger partial charge in [0.2, 0.25) is 5.95 Å². The van der Waals surface area contributed by atoms with Crippen LogP contribution in [0.5, 0.6) is 5.75 Å². The second kappa shape index (κ2) is 8.71. The van der Waals surface area contributed by atoms with Crippen LogP contribution in [-0.4, -0.2) is 29.5 Å². The van der Waals surface area contributed by atoms with E-state index in [2.05, 4.69) is 15.3 Å². The molecule has 0 bridgehead atoms. The standard InChI is InChI=1S/C21H21ClN4O2/c1-4-26(17-7-5-6-14(2)10-17)20(27)15-12-23-21(24-13-15)25-18-11-16(22)8-9-19(18)28-3/h5-13H,4H2,1-3H3,(H,23,24,25). The fourth-order valence-corrected chi connectivity index (χ4v) is 2.97. The van der Waals surface area contributed by atoms with Crippen molar-refractivity contribution in [1.29, 1.82) is 0 Å². The van der Waals surface area contributed by atoms with Gasteiger partial charge in [-0.25, -0.2) is 9.97 Å². The van der Waals surface area contributed by atoms with Gasteiger partial charge < -0.3 is 15.0 Å². The highest BCUT2D eigenvalue weighted by Crippen LogP contribution is 2.29. The van der Waals surface area contributed by atoms with Crippen LogP contribution in [0.3, 0.4) is 0 Å². The molecule has 0 saturated carbocycles. The first-order valence-electron chi connectivity index (χ1n) is 8.83. The molecule has 1 heterocycles. The Morgan fingerprint density at radius 2 is 1.93 bits per heavy atom. The number of anilines is 3. The van der Waals surface area contributed by atoms with Crippen molar-refractivity contribution in [3.8, 4) is 5.75 Å². The predicted molar refractivity (Wildman–Crippen MR) is 112 cm³/mol. The highest BCUT2D eigenvalue weighted by atomic mass is 35.5. The van der Waals surface area contributed by atoms with Gasteiger partial charge >= 0.3 is 0 Å². The van der Waals surface area contributed by atoms with Gasteiger partial charge in [0.1, 0.15) is 5.75 Å². The van der Waals surface area contributed by atoms with Crippen molar-refractivity contribution < 1.29 is 9.53 Å². The first kappa shape index (κ1) is 19.6. The van der Waals surface area contributed by atoms with Gasteiger partial charge in [0.05, 0.1) is 18.4 Å². The second-order valence-corrected chi connectivity index (χ2v) is 6.59. The first-order chi connectivity index (χ1) is 13.5. The minimum atomic E-state index is -0.153. The van der Waals surface area contributed by atoms with E-state index < -0.39 is 0 Å². The van der Waals surface area contributed by atoms with Crippen molar-refractivity contribution in [2.45, 2.75) is 13.8 Å². The minimum absolute atomic E-state index is 0.153. The third-order valence-corrected chi connectivity index (χ3v) is 4.42. The number of nitrogens with one attached hydrogen (secondary N) is 1. The maximum Gasteiger partial charge on any atom is 0.261 e. The summed E-state index contributed by atoms with van der Waals surface area (Å²) in [5.74, 6) is 0.806. The molecule has 0 radical (unpaired) electrons. The molecule has 0 atom stereocenters. The minimum Gasteiger partial charge on any atom is -0.495 e. The van der Waals surface area contributed by atoms with Gasteiger partial charge in [-0.1, -0.05) is 23.7 Å². The van der Waals surface area contributed by atoms with Gasteiger partial charge in [-0.15, -0.1) is 0 Å². The summed E-state index contributed by atoms with van der Waals surface area (Å²) < 4.78 is 5.30. The molecule has 1 amide bonds. The van der Waals surface area contributed by atoms with Crippen molar-refractivity contribution in [2.75, 3.05) is 23.9 Å². The number of carbonyl (C=O) groups is 1. The van der Waals surface area contributed by atoms with Crippen LogP contribution >= 0.6 is 11.6 Å². The molecule has 6 nitrogen and oxygen atoms in total. The molecule has 0 spiro atoms.